The van der Waals surface area contributed by atoms with Crippen molar-refractivity contribution >= 4 is 46.2 Å². The van der Waals surface area contributed by atoms with E-state index in [0.29, 0.717) is 39.7 Å². The molecule has 1 aromatic heterocycles. The van der Waals surface area contributed by atoms with Crippen LogP contribution in [0.25, 0.3) is 0 Å². The van der Waals surface area contributed by atoms with Crippen molar-refractivity contribution < 1.29 is 9.59 Å². The van der Waals surface area contributed by atoms with Crippen molar-refractivity contribution in [2.24, 2.45) is 0 Å². The molecule has 0 fully saturated rings. The zero-order chi connectivity index (χ0) is 22.1. The molecular weight excluding hydrogens is 430 g/mol. The third-order valence-corrected chi connectivity index (χ3v) is 5.78. The minimum atomic E-state index is -0.361. The fraction of sp³-hybridized carbons (Fsp3) is 0.273. The van der Waals surface area contributed by atoms with Crippen LogP contribution in [0.1, 0.15) is 40.7 Å². The van der Waals surface area contributed by atoms with E-state index < -0.39 is 0 Å². The highest BCUT2D eigenvalue weighted by molar-refractivity contribution is 7.73. The quantitative estimate of drug-likeness (QED) is 0.209. The Bertz CT molecular complexity index is 1080. The molecule has 2 amide bonds. The zero-order valence-corrected chi connectivity index (χ0v) is 18.7. The largest absolute Gasteiger partial charge is 0.398 e. The maximum atomic E-state index is 12.5. The van der Waals surface area contributed by atoms with Crippen molar-refractivity contribution in [1.82, 2.24) is 15.5 Å². The number of carbonyl (C=O) groups excluding carboxylic acids is 2. The van der Waals surface area contributed by atoms with Gasteiger partial charge in [0.25, 0.3) is 5.91 Å². The number of carbonyl (C=O) groups is 2. The van der Waals surface area contributed by atoms with E-state index in [1.807, 2.05) is 24.3 Å². The molecule has 0 unspecified atom stereocenters. The molecule has 3 rings (SSSR count). The fourth-order valence-corrected chi connectivity index (χ4v) is 3.92. The van der Waals surface area contributed by atoms with Crippen molar-refractivity contribution in [3.05, 3.63) is 69.2 Å². The first-order chi connectivity index (χ1) is 15.0. The standard InChI is InChI=1S/C22H25N5O2S2/c23-19-16(10-6-11-17(19)20(29)25-21-26-27-22(30)31-21)12-13-18(28)24-14-5-4-9-15-7-2-1-3-8-15/h1-3,6-8,10-11H,4-5,9,12-14,23H2,(H,24,28)(H,27,30)(H,25,26,29). The Kier molecular flexibility index (Phi) is 8.31. The maximum absolute atomic E-state index is 12.5. The molecule has 0 saturated carbocycles. The Labute approximate surface area is 190 Å². The molecule has 0 bridgehead atoms. The minimum Gasteiger partial charge on any atom is -0.398 e. The molecule has 0 spiro atoms. The second-order valence-electron chi connectivity index (χ2n) is 7.04. The van der Waals surface area contributed by atoms with Crippen LogP contribution in [0.3, 0.4) is 0 Å². The number of hydrogen-bond acceptors (Lipinski definition) is 6. The number of aromatic nitrogens is 2. The number of H-pyrrole nitrogens is 1. The summed E-state index contributed by atoms with van der Waals surface area (Å²) < 4.78 is 0.475. The fourth-order valence-electron chi connectivity index (χ4n) is 3.14. The Morgan fingerprint density at radius 2 is 1.87 bits per heavy atom. The number of benzene rings is 2. The molecule has 2 aromatic carbocycles. The van der Waals surface area contributed by atoms with Crippen molar-refractivity contribution in [2.75, 3.05) is 17.6 Å². The summed E-state index contributed by atoms with van der Waals surface area (Å²) in [5.41, 5.74) is 8.98. The predicted molar refractivity (Wildman–Crippen MR) is 127 cm³/mol. The number of nitrogen functional groups attached to an aromatic ring is 1. The highest BCUT2D eigenvalue weighted by atomic mass is 32.1. The van der Waals surface area contributed by atoms with Crippen LogP contribution in [0, 0.1) is 3.95 Å². The first-order valence-corrected chi connectivity index (χ1v) is 11.3. The van der Waals surface area contributed by atoms with E-state index in [-0.39, 0.29) is 11.8 Å². The Hall–Kier alpha value is -3.04. The van der Waals surface area contributed by atoms with Gasteiger partial charge in [-0.3, -0.25) is 20.0 Å². The molecular formula is C22H25N5O2S2. The van der Waals surface area contributed by atoms with Crippen molar-refractivity contribution in [3.8, 4) is 0 Å². The summed E-state index contributed by atoms with van der Waals surface area (Å²) in [5.74, 6) is -0.384. The molecule has 31 heavy (non-hydrogen) atoms. The van der Waals surface area contributed by atoms with E-state index in [4.69, 9.17) is 18.0 Å². The summed E-state index contributed by atoms with van der Waals surface area (Å²) in [6.45, 7) is 0.652. The van der Waals surface area contributed by atoms with Crippen LogP contribution < -0.4 is 16.4 Å². The lowest BCUT2D eigenvalue weighted by atomic mass is 10.0. The number of aryl methyl sites for hydroxylation is 2. The normalized spacial score (nSPS) is 10.6. The summed E-state index contributed by atoms with van der Waals surface area (Å²) in [5, 5.41) is 12.5. The minimum absolute atomic E-state index is 0.0229. The van der Waals surface area contributed by atoms with Gasteiger partial charge in [0.1, 0.15) is 0 Å². The number of aromatic amines is 1. The van der Waals surface area contributed by atoms with E-state index in [9.17, 15) is 9.59 Å². The SMILES string of the molecule is Nc1c(CCC(=O)NCCCCc2ccccc2)cccc1C(=O)Nc1n[nH]c(=S)s1. The molecule has 7 nitrogen and oxygen atoms in total. The molecule has 1 heterocycles. The third-order valence-electron chi connectivity index (χ3n) is 4.78. The number of nitrogens with two attached hydrogens (primary N) is 1. The van der Waals surface area contributed by atoms with E-state index in [2.05, 4.69) is 33.0 Å². The molecule has 0 aliphatic carbocycles. The summed E-state index contributed by atoms with van der Waals surface area (Å²) >= 11 is 6.13. The predicted octanol–water partition coefficient (Wildman–Crippen LogP) is 4.11. The number of rotatable bonds is 10. The number of anilines is 2. The molecule has 0 aliphatic rings. The summed E-state index contributed by atoms with van der Waals surface area (Å²) in [6.07, 6.45) is 3.74. The summed E-state index contributed by atoms with van der Waals surface area (Å²) in [6, 6.07) is 15.5. The highest BCUT2D eigenvalue weighted by Gasteiger charge is 2.14. The molecule has 162 valence electrons. The van der Waals surface area contributed by atoms with E-state index in [0.717, 1.165) is 24.8 Å². The first kappa shape index (κ1) is 22.6. The van der Waals surface area contributed by atoms with Gasteiger partial charge in [0.2, 0.25) is 11.0 Å². The van der Waals surface area contributed by atoms with Gasteiger partial charge in [0.15, 0.2) is 3.95 Å². The van der Waals surface area contributed by atoms with Gasteiger partial charge in [0, 0.05) is 18.7 Å². The molecule has 5 N–H and O–H groups in total. The number of nitrogens with zero attached hydrogens (tertiary/aromatic N) is 1. The van der Waals surface area contributed by atoms with Crippen LogP contribution in [0.15, 0.2) is 48.5 Å². The Morgan fingerprint density at radius 3 is 2.61 bits per heavy atom. The van der Waals surface area contributed by atoms with Gasteiger partial charge in [-0.25, -0.2) is 0 Å². The lowest BCUT2D eigenvalue weighted by Crippen LogP contribution is -2.25. The van der Waals surface area contributed by atoms with Crippen LogP contribution in [0.4, 0.5) is 10.8 Å². The highest BCUT2D eigenvalue weighted by Crippen LogP contribution is 2.21. The van der Waals surface area contributed by atoms with Gasteiger partial charge in [-0.1, -0.05) is 53.8 Å². The van der Waals surface area contributed by atoms with Gasteiger partial charge in [-0.2, -0.15) is 0 Å². The lowest BCUT2D eigenvalue weighted by molar-refractivity contribution is -0.121. The molecule has 3 aromatic rings. The monoisotopic (exact) mass is 455 g/mol. The summed E-state index contributed by atoms with van der Waals surface area (Å²) in [7, 11) is 0. The molecule has 0 saturated heterocycles. The Morgan fingerprint density at radius 1 is 1.06 bits per heavy atom. The van der Waals surface area contributed by atoms with Crippen LogP contribution in [0.5, 0.6) is 0 Å². The van der Waals surface area contributed by atoms with Crippen LogP contribution in [-0.4, -0.2) is 28.6 Å². The van der Waals surface area contributed by atoms with Gasteiger partial charge >= 0.3 is 0 Å². The van der Waals surface area contributed by atoms with Crippen LogP contribution in [0.2, 0.25) is 0 Å². The summed E-state index contributed by atoms with van der Waals surface area (Å²) in [4.78, 5) is 24.7. The average molecular weight is 456 g/mol. The third kappa shape index (κ3) is 7.01. The molecule has 0 aliphatic heterocycles. The number of nitrogens with one attached hydrogen (secondary N) is 3. The maximum Gasteiger partial charge on any atom is 0.259 e. The lowest BCUT2D eigenvalue weighted by Gasteiger charge is -2.11. The topological polar surface area (TPSA) is 113 Å². The molecule has 0 radical (unpaired) electrons. The van der Waals surface area contributed by atoms with Gasteiger partial charge in [0.05, 0.1) is 5.56 Å². The second-order valence-corrected chi connectivity index (χ2v) is 8.71. The van der Waals surface area contributed by atoms with Gasteiger partial charge in [-0.15, -0.1) is 5.10 Å². The van der Waals surface area contributed by atoms with Crippen molar-refractivity contribution in [2.45, 2.75) is 32.1 Å². The number of amides is 2. The molecule has 9 heteroatoms. The first-order valence-electron chi connectivity index (χ1n) is 10.1. The van der Waals surface area contributed by atoms with Gasteiger partial charge < -0.3 is 11.1 Å². The van der Waals surface area contributed by atoms with E-state index in [1.165, 1.54) is 16.9 Å². The van der Waals surface area contributed by atoms with Crippen molar-refractivity contribution in [3.63, 3.8) is 0 Å². The second kappa shape index (κ2) is 11.4. The van der Waals surface area contributed by atoms with Crippen LogP contribution in [-0.2, 0) is 17.6 Å². The zero-order valence-electron chi connectivity index (χ0n) is 17.0. The number of hydrogen-bond donors (Lipinski definition) is 4. The average Bonchev–Trinajstić information content (AvgIpc) is 3.18. The van der Waals surface area contributed by atoms with E-state index in [1.54, 1.807) is 12.1 Å². The van der Waals surface area contributed by atoms with Crippen LogP contribution >= 0.6 is 23.6 Å². The number of unbranched alkanes of at least 4 members (excludes halogenated alkanes) is 1. The van der Waals surface area contributed by atoms with Gasteiger partial charge in [-0.05, 0) is 55.1 Å². The number of para-hydroxylation sites is 1. The molecule has 0 atom stereocenters. The van der Waals surface area contributed by atoms with Crippen molar-refractivity contribution in [1.29, 1.82) is 0 Å². The van der Waals surface area contributed by atoms with E-state index >= 15 is 0 Å². The smallest absolute Gasteiger partial charge is 0.259 e. The Balaban J connectivity index is 1.43.